The molecule has 1 nitrogen and oxygen atoms in total. The number of rotatable bonds is 5. The van der Waals surface area contributed by atoms with Crippen LogP contribution in [0.3, 0.4) is 0 Å². The van der Waals surface area contributed by atoms with Crippen LogP contribution in [0.2, 0.25) is 5.02 Å². The molecule has 0 amide bonds. The fourth-order valence-electron chi connectivity index (χ4n) is 3.58. The monoisotopic (exact) mass is 321 g/mol. The van der Waals surface area contributed by atoms with Crippen molar-refractivity contribution in [3.8, 4) is 0 Å². The van der Waals surface area contributed by atoms with Crippen molar-refractivity contribution in [2.45, 2.75) is 58.0 Å². The van der Waals surface area contributed by atoms with Crippen molar-refractivity contribution in [3.05, 3.63) is 34.2 Å². The van der Waals surface area contributed by atoms with Crippen LogP contribution in [0.5, 0.6) is 0 Å². The van der Waals surface area contributed by atoms with Gasteiger partial charge in [-0.1, -0.05) is 56.0 Å². The molecule has 1 aromatic heterocycles. The van der Waals surface area contributed by atoms with E-state index in [0.29, 0.717) is 6.04 Å². The van der Waals surface area contributed by atoms with Crippen LogP contribution in [0.25, 0.3) is 10.1 Å². The molecular formula is C18H24ClNS. The van der Waals surface area contributed by atoms with Crippen molar-refractivity contribution in [1.29, 1.82) is 0 Å². The highest BCUT2D eigenvalue weighted by atomic mass is 35.5. The van der Waals surface area contributed by atoms with Crippen LogP contribution < -0.4 is 5.32 Å². The molecule has 1 fully saturated rings. The predicted molar refractivity (Wildman–Crippen MR) is 94.3 cm³/mol. The van der Waals surface area contributed by atoms with Crippen LogP contribution >= 0.6 is 22.9 Å². The standard InChI is InChI=1S/C18H24ClNS/c1-2-15(13-8-4-3-5-9-13)20-12-17-18(19)14-10-6-7-11-16(14)21-17/h6-7,10-11,13,15,20H,2-5,8-9,12H2,1H3. The number of benzene rings is 1. The van der Waals surface area contributed by atoms with E-state index in [1.807, 2.05) is 11.3 Å². The maximum Gasteiger partial charge on any atom is 0.0636 e. The van der Waals surface area contributed by atoms with E-state index < -0.39 is 0 Å². The minimum absolute atomic E-state index is 0.645. The zero-order valence-corrected chi connectivity index (χ0v) is 14.3. The van der Waals surface area contributed by atoms with Gasteiger partial charge < -0.3 is 5.32 Å². The van der Waals surface area contributed by atoms with E-state index in [9.17, 15) is 0 Å². The Bertz CT molecular complexity index is 586. The number of fused-ring (bicyclic) bond motifs is 1. The predicted octanol–water partition coefficient (Wildman–Crippen LogP) is 6.00. The summed E-state index contributed by atoms with van der Waals surface area (Å²) >= 11 is 8.37. The number of hydrogen-bond acceptors (Lipinski definition) is 2. The summed E-state index contributed by atoms with van der Waals surface area (Å²) in [6.45, 7) is 3.21. The molecule has 2 aromatic rings. The number of halogens is 1. The smallest absolute Gasteiger partial charge is 0.0636 e. The van der Waals surface area contributed by atoms with Gasteiger partial charge in [0.25, 0.3) is 0 Å². The maximum atomic E-state index is 6.54. The summed E-state index contributed by atoms with van der Waals surface area (Å²) in [5.41, 5.74) is 0. The highest BCUT2D eigenvalue weighted by molar-refractivity contribution is 7.19. The van der Waals surface area contributed by atoms with E-state index in [1.54, 1.807) is 0 Å². The first-order valence-corrected chi connectivity index (χ1v) is 9.38. The third-order valence-electron chi connectivity index (χ3n) is 4.78. The van der Waals surface area contributed by atoms with Gasteiger partial charge in [0.05, 0.1) is 5.02 Å². The Morgan fingerprint density at radius 3 is 2.71 bits per heavy atom. The van der Waals surface area contributed by atoms with E-state index in [-0.39, 0.29) is 0 Å². The number of hydrogen-bond donors (Lipinski definition) is 1. The SMILES string of the molecule is CCC(NCc1sc2ccccc2c1Cl)C1CCCCC1. The fraction of sp³-hybridized carbons (Fsp3) is 0.556. The van der Waals surface area contributed by atoms with E-state index >= 15 is 0 Å². The Kier molecular flexibility index (Phi) is 5.20. The summed E-state index contributed by atoms with van der Waals surface area (Å²) in [5, 5.41) is 5.93. The molecule has 3 heteroatoms. The van der Waals surface area contributed by atoms with E-state index in [2.05, 4.69) is 36.5 Å². The molecule has 1 saturated carbocycles. The Morgan fingerprint density at radius 1 is 1.24 bits per heavy atom. The average molecular weight is 322 g/mol. The number of thiophene rings is 1. The van der Waals surface area contributed by atoms with Gasteiger partial charge in [-0.15, -0.1) is 11.3 Å². The lowest BCUT2D eigenvalue weighted by molar-refractivity contribution is 0.262. The molecule has 0 bridgehead atoms. The molecule has 0 radical (unpaired) electrons. The summed E-state index contributed by atoms with van der Waals surface area (Å²) in [5.74, 6) is 0.858. The van der Waals surface area contributed by atoms with Crippen molar-refractivity contribution >= 4 is 33.0 Å². The van der Waals surface area contributed by atoms with Crippen molar-refractivity contribution in [1.82, 2.24) is 5.32 Å². The highest BCUT2D eigenvalue weighted by Gasteiger charge is 2.22. The van der Waals surface area contributed by atoms with Crippen LogP contribution in [-0.4, -0.2) is 6.04 Å². The van der Waals surface area contributed by atoms with Gasteiger partial charge in [-0.25, -0.2) is 0 Å². The number of nitrogens with one attached hydrogen (secondary N) is 1. The maximum absolute atomic E-state index is 6.54. The molecule has 114 valence electrons. The van der Waals surface area contributed by atoms with Crippen LogP contribution in [0, 0.1) is 5.92 Å². The van der Waals surface area contributed by atoms with Crippen LogP contribution in [0.4, 0.5) is 0 Å². The molecule has 1 aromatic carbocycles. The second-order valence-electron chi connectivity index (χ2n) is 6.13. The summed E-state index contributed by atoms with van der Waals surface area (Å²) in [6.07, 6.45) is 8.25. The first kappa shape index (κ1) is 15.3. The minimum Gasteiger partial charge on any atom is -0.309 e. The third-order valence-corrected chi connectivity index (χ3v) is 6.50. The summed E-state index contributed by atoms with van der Waals surface area (Å²) < 4.78 is 1.30. The Balaban J connectivity index is 1.68. The van der Waals surface area contributed by atoms with Crippen molar-refractivity contribution in [3.63, 3.8) is 0 Å². The van der Waals surface area contributed by atoms with Gasteiger partial charge in [-0.2, -0.15) is 0 Å². The molecule has 3 rings (SSSR count). The lowest BCUT2D eigenvalue weighted by Crippen LogP contribution is -2.36. The Labute approximate surface area is 136 Å². The van der Waals surface area contributed by atoms with Gasteiger partial charge in [0, 0.05) is 27.5 Å². The normalized spacial score (nSPS) is 18.2. The average Bonchev–Trinajstić information content (AvgIpc) is 2.86. The Hall–Kier alpha value is -0.570. The molecule has 1 atom stereocenters. The summed E-state index contributed by atoms with van der Waals surface area (Å²) in [4.78, 5) is 1.28. The Morgan fingerprint density at radius 2 is 2.00 bits per heavy atom. The van der Waals surface area contributed by atoms with Gasteiger partial charge in [0.2, 0.25) is 0 Å². The second-order valence-corrected chi connectivity index (χ2v) is 7.64. The van der Waals surface area contributed by atoms with Gasteiger partial charge in [-0.05, 0) is 31.2 Å². The largest absolute Gasteiger partial charge is 0.309 e. The molecule has 1 N–H and O–H groups in total. The highest BCUT2D eigenvalue weighted by Crippen LogP contribution is 2.35. The molecule has 0 spiro atoms. The van der Waals surface area contributed by atoms with Gasteiger partial charge in [0.1, 0.15) is 0 Å². The molecule has 21 heavy (non-hydrogen) atoms. The molecule has 0 saturated heterocycles. The van der Waals surface area contributed by atoms with Gasteiger partial charge in [0.15, 0.2) is 0 Å². The van der Waals surface area contributed by atoms with Gasteiger partial charge >= 0.3 is 0 Å². The topological polar surface area (TPSA) is 12.0 Å². The third kappa shape index (κ3) is 3.44. The van der Waals surface area contributed by atoms with E-state index in [1.165, 1.54) is 53.5 Å². The quantitative estimate of drug-likeness (QED) is 0.711. The van der Waals surface area contributed by atoms with E-state index in [0.717, 1.165) is 17.5 Å². The molecule has 1 unspecified atom stereocenters. The molecule has 1 aliphatic carbocycles. The summed E-state index contributed by atoms with van der Waals surface area (Å²) in [7, 11) is 0. The van der Waals surface area contributed by atoms with Crippen LogP contribution in [-0.2, 0) is 6.54 Å². The lowest BCUT2D eigenvalue weighted by atomic mass is 9.83. The zero-order valence-electron chi connectivity index (χ0n) is 12.7. The first-order valence-electron chi connectivity index (χ1n) is 8.19. The molecular weight excluding hydrogens is 298 g/mol. The molecule has 1 aliphatic rings. The fourth-order valence-corrected chi connectivity index (χ4v) is 5.03. The van der Waals surface area contributed by atoms with Crippen LogP contribution in [0.1, 0.15) is 50.3 Å². The lowest BCUT2D eigenvalue weighted by Gasteiger charge is -2.30. The summed E-state index contributed by atoms with van der Waals surface area (Å²) in [6, 6.07) is 9.08. The van der Waals surface area contributed by atoms with Crippen molar-refractivity contribution in [2.75, 3.05) is 0 Å². The van der Waals surface area contributed by atoms with Gasteiger partial charge in [-0.3, -0.25) is 0 Å². The van der Waals surface area contributed by atoms with Crippen molar-refractivity contribution in [2.24, 2.45) is 5.92 Å². The molecule has 1 heterocycles. The molecule has 0 aliphatic heterocycles. The minimum atomic E-state index is 0.645. The first-order chi connectivity index (χ1) is 10.3. The second kappa shape index (κ2) is 7.13. The van der Waals surface area contributed by atoms with E-state index in [4.69, 9.17) is 11.6 Å². The van der Waals surface area contributed by atoms with Crippen LogP contribution in [0.15, 0.2) is 24.3 Å². The van der Waals surface area contributed by atoms with Crippen molar-refractivity contribution < 1.29 is 0 Å². The zero-order chi connectivity index (χ0) is 14.7.